The monoisotopic (exact) mass is 300 g/mol. The molecule has 1 aromatic rings. The molecule has 21 heavy (non-hydrogen) atoms. The van der Waals surface area contributed by atoms with Crippen molar-refractivity contribution >= 4 is 23.2 Å². The van der Waals surface area contributed by atoms with Crippen LogP contribution in [0.2, 0.25) is 0 Å². The minimum Gasteiger partial charge on any atom is -0.298 e. The van der Waals surface area contributed by atoms with Crippen LogP contribution in [0.3, 0.4) is 0 Å². The maximum atomic E-state index is 13.0. The van der Waals surface area contributed by atoms with E-state index in [1.165, 1.54) is 11.8 Å². The summed E-state index contributed by atoms with van der Waals surface area (Å²) in [5, 5.41) is 0.231. The van der Waals surface area contributed by atoms with Crippen LogP contribution < -0.4 is 0 Å². The van der Waals surface area contributed by atoms with Crippen LogP contribution in [0, 0.1) is 11.8 Å². The fourth-order valence-electron chi connectivity index (χ4n) is 4.24. The molecular weight excluding hydrogens is 280 g/mol. The van der Waals surface area contributed by atoms with Gasteiger partial charge in [-0.3, -0.25) is 9.59 Å². The standard InChI is InChI=1S/C18H20O2S/c1-3-13-10-9-12(11-19)14(4-2)18(13)15-7-5-6-8-16(15)21-17(18)20/h5-9,11,13-14H,3-4,10H2,1-2H3/t13-,14-,18-/m1/s1. The van der Waals surface area contributed by atoms with E-state index in [4.69, 9.17) is 0 Å². The van der Waals surface area contributed by atoms with Crippen molar-refractivity contribution in [1.82, 2.24) is 0 Å². The molecule has 1 aliphatic carbocycles. The lowest BCUT2D eigenvalue weighted by atomic mass is 9.56. The number of rotatable bonds is 3. The van der Waals surface area contributed by atoms with Gasteiger partial charge in [0.2, 0.25) is 5.12 Å². The minimum atomic E-state index is -0.504. The fraction of sp³-hybridized carbons (Fsp3) is 0.444. The molecule has 0 saturated carbocycles. The number of allylic oxidation sites excluding steroid dienone is 2. The van der Waals surface area contributed by atoms with Crippen LogP contribution in [0.15, 0.2) is 40.8 Å². The van der Waals surface area contributed by atoms with Crippen molar-refractivity contribution in [2.24, 2.45) is 11.8 Å². The molecule has 0 fully saturated rings. The molecule has 1 heterocycles. The van der Waals surface area contributed by atoms with Crippen LogP contribution >= 0.6 is 11.8 Å². The van der Waals surface area contributed by atoms with Crippen molar-refractivity contribution < 1.29 is 9.59 Å². The Morgan fingerprint density at radius 3 is 2.71 bits per heavy atom. The van der Waals surface area contributed by atoms with Gasteiger partial charge in [0.1, 0.15) is 6.29 Å². The molecule has 0 unspecified atom stereocenters. The summed E-state index contributed by atoms with van der Waals surface area (Å²) < 4.78 is 0. The van der Waals surface area contributed by atoms with Crippen molar-refractivity contribution in [3.63, 3.8) is 0 Å². The summed E-state index contributed by atoms with van der Waals surface area (Å²) in [6.07, 6.45) is 5.61. The Kier molecular flexibility index (Phi) is 3.78. The summed E-state index contributed by atoms with van der Waals surface area (Å²) in [5.41, 5.74) is 1.45. The van der Waals surface area contributed by atoms with Crippen molar-refractivity contribution in [2.45, 2.75) is 43.4 Å². The summed E-state index contributed by atoms with van der Waals surface area (Å²) in [5.74, 6) is 0.298. The van der Waals surface area contributed by atoms with E-state index in [2.05, 4.69) is 26.0 Å². The zero-order valence-corrected chi connectivity index (χ0v) is 13.3. The lowest BCUT2D eigenvalue weighted by molar-refractivity contribution is -0.120. The maximum absolute atomic E-state index is 13.0. The van der Waals surface area contributed by atoms with Crippen LogP contribution in [0.5, 0.6) is 0 Å². The molecule has 1 aliphatic heterocycles. The zero-order valence-electron chi connectivity index (χ0n) is 12.5. The number of thioether (sulfide) groups is 1. The number of benzene rings is 1. The zero-order chi connectivity index (χ0) is 15.0. The third-order valence-electron chi connectivity index (χ3n) is 5.14. The molecule has 0 bridgehead atoms. The average Bonchev–Trinajstić information content (AvgIpc) is 2.80. The highest BCUT2D eigenvalue weighted by atomic mass is 32.2. The van der Waals surface area contributed by atoms with Gasteiger partial charge in [0, 0.05) is 10.8 Å². The number of hydrogen-bond donors (Lipinski definition) is 0. The van der Waals surface area contributed by atoms with E-state index in [1.807, 2.05) is 18.2 Å². The van der Waals surface area contributed by atoms with Gasteiger partial charge in [-0.15, -0.1) is 0 Å². The van der Waals surface area contributed by atoms with Gasteiger partial charge in [0.25, 0.3) is 0 Å². The molecular formula is C18H20O2S. The van der Waals surface area contributed by atoms with E-state index in [9.17, 15) is 9.59 Å². The predicted octanol–water partition coefficient (Wildman–Crippen LogP) is 4.14. The number of hydrogen-bond acceptors (Lipinski definition) is 3. The van der Waals surface area contributed by atoms with Crippen molar-refractivity contribution in [3.8, 4) is 0 Å². The van der Waals surface area contributed by atoms with Gasteiger partial charge in [-0.1, -0.05) is 56.3 Å². The van der Waals surface area contributed by atoms with E-state index in [0.29, 0.717) is 0 Å². The molecule has 0 radical (unpaired) electrons. The maximum Gasteiger partial charge on any atom is 0.205 e. The lowest BCUT2D eigenvalue weighted by Crippen LogP contribution is -2.48. The Balaban J connectivity index is 2.26. The number of carbonyl (C=O) groups is 2. The molecule has 2 aliphatic rings. The second-order valence-electron chi connectivity index (χ2n) is 5.88. The Morgan fingerprint density at radius 2 is 2.05 bits per heavy atom. The second kappa shape index (κ2) is 5.45. The highest BCUT2D eigenvalue weighted by Crippen LogP contribution is 2.58. The quantitative estimate of drug-likeness (QED) is 0.787. The van der Waals surface area contributed by atoms with Gasteiger partial charge in [0.05, 0.1) is 5.41 Å². The Labute approximate surface area is 130 Å². The Hall–Kier alpha value is -1.35. The first-order valence-corrected chi connectivity index (χ1v) is 8.48. The van der Waals surface area contributed by atoms with Crippen molar-refractivity contribution in [3.05, 3.63) is 41.5 Å². The molecule has 1 spiro atoms. The van der Waals surface area contributed by atoms with Crippen LogP contribution in [-0.2, 0) is 15.0 Å². The summed E-state index contributed by atoms with van der Waals surface area (Å²) in [6.45, 7) is 4.23. The van der Waals surface area contributed by atoms with Crippen LogP contribution in [0.4, 0.5) is 0 Å². The second-order valence-corrected chi connectivity index (χ2v) is 6.89. The molecule has 0 aromatic heterocycles. The van der Waals surface area contributed by atoms with E-state index in [1.54, 1.807) is 0 Å². The molecule has 0 saturated heterocycles. The first-order chi connectivity index (χ1) is 10.2. The van der Waals surface area contributed by atoms with Crippen molar-refractivity contribution in [1.29, 1.82) is 0 Å². The molecule has 3 heteroatoms. The van der Waals surface area contributed by atoms with Gasteiger partial charge >= 0.3 is 0 Å². The fourth-order valence-corrected chi connectivity index (χ4v) is 5.52. The third kappa shape index (κ3) is 1.87. The molecule has 0 N–H and O–H groups in total. The topological polar surface area (TPSA) is 34.1 Å². The van der Waals surface area contributed by atoms with Gasteiger partial charge < -0.3 is 0 Å². The number of carbonyl (C=O) groups excluding carboxylic acids is 2. The highest BCUT2D eigenvalue weighted by Gasteiger charge is 2.57. The Bertz CT molecular complexity index is 619. The van der Waals surface area contributed by atoms with Crippen LogP contribution in [-0.4, -0.2) is 11.4 Å². The summed E-state index contributed by atoms with van der Waals surface area (Å²) in [4.78, 5) is 25.6. The van der Waals surface area contributed by atoms with Gasteiger partial charge in [-0.05, 0) is 36.0 Å². The normalized spacial score (nSPS) is 31.1. The van der Waals surface area contributed by atoms with E-state index >= 15 is 0 Å². The SMILES string of the molecule is CC[C@@H]1CC=C(C=O)[C@@H](CC)[C@]12C(=O)Sc1ccccc12. The molecule has 3 atom stereocenters. The largest absolute Gasteiger partial charge is 0.298 e. The van der Waals surface area contributed by atoms with Gasteiger partial charge in [-0.2, -0.15) is 0 Å². The predicted molar refractivity (Wildman–Crippen MR) is 85.3 cm³/mol. The van der Waals surface area contributed by atoms with Crippen LogP contribution in [0.25, 0.3) is 0 Å². The summed E-state index contributed by atoms with van der Waals surface area (Å²) in [6, 6.07) is 8.12. The third-order valence-corrected chi connectivity index (χ3v) is 6.24. The first-order valence-electron chi connectivity index (χ1n) is 7.67. The van der Waals surface area contributed by atoms with Gasteiger partial charge in [-0.25, -0.2) is 0 Å². The highest BCUT2D eigenvalue weighted by molar-refractivity contribution is 8.14. The smallest absolute Gasteiger partial charge is 0.205 e. The molecule has 2 nitrogen and oxygen atoms in total. The van der Waals surface area contributed by atoms with Crippen LogP contribution in [0.1, 0.15) is 38.7 Å². The summed E-state index contributed by atoms with van der Waals surface area (Å²) in [7, 11) is 0. The van der Waals surface area contributed by atoms with Crippen molar-refractivity contribution in [2.75, 3.05) is 0 Å². The minimum absolute atomic E-state index is 0.0114. The van der Waals surface area contributed by atoms with E-state index < -0.39 is 5.41 Å². The van der Waals surface area contributed by atoms with E-state index in [0.717, 1.165) is 41.6 Å². The average molecular weight is 300 g/mol. The molecule has 110 valence electrons. The molecule has 1 aromatic carbocycles. The van der Waals surface area contributed by atoms with E-state index in [-0.39, 0.29) is 17.0 Å². The summed E-state index contributed by atoms with van der Waals surface area (Å²) >= 11 is 1.37. The Morgan fingerprint density at radius 1 is 1.29 bits per heavy atom. The van der Waals surface area contributed by atoms with Gasteiger partial charge in [0.15, 0.2) is 0 Å². The number of fused-ring (bicyclic) bond motifs is 2. The number of aldehydes is 1. The first kappa shape index (κ1) is 14.6. The molecule has 3 rings (SSSR count). The lowest BCUT2D eigenvalue weighted by Gasteiger charge is -2.45. The molecule has 0 amide bonds.